The summed E-state index contributed by atoms with van der Waals surface area (Å²) < 4.78 is 68.5. The Morgan fingerprint density at radius 1 is 0.284 bits per heavy atom. The van der Waals surface area contributed by atoms with Crippen LogP contribution in [0.4, 0.5) is 0 Å². The van der Waals surface area contributed by atoms with Crippen molar-refractivity contribution in [2.75, 3.05) is 39.6 Å². The number of phosphoric ester groups is 2. The second-order valence-electron chi connectivity index (χ2n) is 28.3. The number of unbranched alkanes of at least 4 members (excludes halogenated alkanes) is 45. The maximum atomic E-state index is 13.1. The second-order valence-corrected chi connectivity index (χ2v) is 31.3. The van der Waals surface area contributed by atoms with Crippen LogP contribution in [0.1, 0.15) is 395 Å². The number of carbonyl (C=O) groups is 4. The van der Waals surface area contributed by atoms with Gasteiger partial charge < -0.3 is 33.8 Å². The molecule has 0 aliphatic carbocycles. The van der Waals surface area contributed by atoms with E-state index in [1.165, 1.54) is 205 Å². The Morgan fingerprint density at radius 3 is 0.716 bits per heavy atom. The average Bonchev–Trinajstić information content (AvgIpc) is 3.07. The van der Waals surface area contributed by atoms with Gasteiger partial charge in [-0.3, -0.25) is 37.3 Å². The van der Waals surface area contributed by atoms with Crippen molar-refractivity contribution in [1.29, 1.82) is 0 Å². The minimum atomic E-state index is -4.96. The number of rotatable bonds is 75. The molecule has 17 nitrogen and oxygen atoms in total. The van der Waals surface area contributed by atoms with E-state index in [0.717, 1.165) is 108 Å². The van der Waals surface area contributed by atoms with E-state index in [9.17, 15) is 43.2 Å². The molecule has 0 rings (SSSR count). The zero-order valence-electron chi connectivity index (χ0n) is 62.0. The summed E-state index contributed by atoms with van der Waals surface area (Å²) in [6.07, 6.45) is 55.5. The largest absolute Gasteiger partial charge is 0.472 e. The van der Waals surface area contributed by atoms with Crippen molar-refractivity contribution in [2.24, 2.45) is 11.8 Å². The van der Waals surface area contributed by atoms with Crippen molar-refractivity contribution in [1.82, 2.24) is 0 Å². The summed E-state index contributed by atoms with van der Waals surface area (Å²) >= 11 is 0. The molecule has 0 fully saturated rings. The maximum absolute atomic E-state index is 13.1. The lowest BCUT2D eigenvalue weighted by Gasteiger charge is -2.21. The van der Waals surface area contributed by atoms with Crippen LogP contribution in [0.25, 0.3) is 0 Å². The van der Waals surface area contributed by atoms with Crippen LogP contribution >= 0.6 is 15.6 Å². The molecule has 2 unspecified atom stereocenters. The molecule has 0 aromatic heterocycles. The van der Waals surface area contributed by atoms with Crippen LogP contribution in [0, 0.1) is 11.8 Å². The van der Waals surface area contributed by atoms with Gasteiger partial charge >= 0.3 is 39.5 Å². The third kappa shape index (κ3) is 70.3. The third-order valence-electron chi connectivity index (χ3n) is 17.7. The lowest BCUT2D eigenvalue weighted by molar-refractivity contribution is -0.161. The molecule has 0 spiro atoms. The van der Waals surface area contributed by atoms with Crippen LogP contribution < -0.4 is 0 Å². The van der Waals surface area contributed by atoms with Gasteiger partial charge in [0.25, 0.3) is 0 Å². The molecule has 0 amide bonds. The van der Waals surface area contributed by atoms with Gasteiger partial charge in [-0.2, -0.15) is 0 Å². The number of hydrogen-bond acceptors (Lipinski definition) is 15. The number of esters is 4. The summed E-state index contributed by atoms with van der Waals surface area (Å²) in [6, 6.07) is 0. The lowest BCUT2D eigenvalue weighted by atomic mass is 10.0. The SMILES string of the molecule is CCCCCCCCCCCCCCC(=O)O[C@H](COC(=O)CCCCCCCCCC)COP(=O)(O)OC[C@H](O)COP(=O)(O)OC[C@@H](COC(=O)CCCCCCCCCCCCCCCC(C)C)OC(=O)CCCCCCCCCCCCCCCCCCC(C)C. The van der Waals surface area contributed by atoms with Crippen LogP contribution in [0.5, 0.6) is 0 Å². The first-order chi connectivity index (χ1) is 45.9. The first kappa shape index (κ1) is 93.1. The highest BCUT2D eigenvalue weighted by atomic mass is 31.2. The second kappa shape index (κ2) is 67.9. The molecule has 0 saturated heterocycles. The first-order valence-corrected chi connectivity index (χ1v) is 42.5. The van der Waals surface area contributed by atoms with Crippen LogP contribution in [-0.2, 0) is 65.4 Å². The Kier molecular flexibility index (Phi) is 66.5. The fourth-order valence-electron chi connectivity index (χ4n) is 11.7. The average molecular weight is 1400 g/mol. The summed E-state index contributed by atoms with van der Waals surface area (Å²) in [5.41, 5.74) is 0. The van der Waals surface area contributed by atoms with Crippen LogP contribution in [-0.4, -0.2) is 96.7 Å². The van der Waals surface area contributed by atoms with Gasteiger partial charge in [-0.1, -0.05) is 343 Å². The predicted octanol–water partition coefficient (Wildman–Crippen LogP) is 22.3. The molecule has 0 aromatic rings. The Hall–Kier alpha value is -1.94. The van der Waals surface area contributed by atoms with E-state index in [2.05, 4.69) is 41.5 Å². The van der Waals surface area contributed by atoms with Gasteiger partial charge in [0.2, 0.25) is 0 Å². The van der Waals surface area contributed by atoms with Crippen molar-refractivity contribution in [3.05, 3.63) is 0 Å². The zero-order chi connectivity index (χ0) is 70.0. The van der Waals surface area contributed by atoms with Crippen LogP contribution in [0.15, 0.2) is 0 Å². The smallest absolute Gasteiger partial charge is 0.462 e. The summed E-state index contributed by atoms with van der Waals surface area (Å²) in [5, 5.41) is 10.6. The van der Waals surface area contributed by atoms with Gasteiger partial charge in [-0.05, 0) is 37.5 Å². The molecular weight excluding hydrogens is 1250 g/mol. The number of hydrogen-bond donors (Lipinski definition) is 3. The van der Waals surface area contributed by atoms with Crippen molar-refractivity contribution in [2.45, 2.75) is 413 Å². The van der Waals surface area contributed by atoms with E-state index in [-0.39, 0.29) is 25.7 Å². The van der Waals surface area contributed by atoms with Crippen molar-refractivity contribution >= 4 is 39.5 Å². The first-order valence-electron chi connectivity index (χ1n) is 39.5. The molecule has 95 heavy (non-hydrogen) atoms. The Morgan fingerprint density at radius 2 is 0.484 bits per heavy atom. The van der Waals surface area contributed by atoms with Crippen molar-refractivity contribution < 1.29 is 80.2 Å². The summed E-state index contributed by atoms with van der Waals surface area (Å²) in [7, 11) is -9.91. The van der Waals surface area contributed by atoms with E-state index in [4.69, 9.17) is 37.0 Å². The number of carbonyl (C=O) groups excluding carboxylic acids is 4. The molecule has 0 aliphatic heterocycles. The van der Waals surface area contributed by atoms with E-state index in [0.29, 0.717) is 25.7 Å². The van der Waals surface area contributed by atoms with E-state index in [1.807, 2.05) is 0 Å². The van der Waals surface area contributed by atoms with Crippen molar-refractivity contribution in [3.8, 4) is 0 Å². The van der Waals surface area contributed by atoms with Gasteiger partial charge in [0.1, 0.15) is 19.3 Å². The molecule has 0 bridgehead atoms. The van der Waals surface area contributed by atoms with E-state index >= 15 is 0 Å². The molecule has 0 aliphatic rings. The molecule has 564 valence electrons. The quantitative estimate of drug-likeness (QED) is 0.0222. The number of ether oxygens (including phenoxy) is 4. The highest BCUT2D eigenvalue weighted by Crippen LogP contribution is 2.45. The highest BCUT2D eigenvalue weighted by molar-refractivity contribution is 7.47. The van der Waals surface area contributed by atoms with Gasteiger partial charge in [0.15, 0.2) is 12.2 Å². The normalized spacial score (nSPS) is 14.0. The number of aliphatic hydroxyl groups is 1. The molecule has 0 saturated carbocycles. The molecule has 5 atom stereocenters. The van der Waals surface area contributed by atoms with Crippen LogP contribution in [0.2, 0.25) is 0 Å². The maximum Gasteiger partial charge on any atom is 0.472 e. The Labute approximate surface area is 581 Å². The van der Waals surface area contributed by atoms with Crippen LogP contribution in [0.3, 0.4) is 0 Å². The zero-order valence-corrected chi connectivity index (χ0v) is 63.8. The summed E-state index contributed by atoms with van der Waals surface area (Å²) in [6.45, 7) is 9.62. The lowest BCUT2D eigenvalue weighted by Crippen LogP contribution is -2.30. The van der Waals surface area contributed by atoms with Gasteiger partial charge in [0.05, 0.1) is 26.4 Å². The van der Waals surface area contributed by atoms with Crippen molar-refractivity contribution in [3.63, 3.8) is 0 Å². The van der Waals surface area contributed by atoms with E-state index in [1.54, 1.807) is 0 Å². The summed E-state index contributed by atoms with van der Waals surface area (Å²) in [4.78, 5) is 72.7. The molecular formula is C76H148O17P2. The minimum Gasteiger partial charge on any atom is -0.462 e. The van der Waals surface area contributed by atoms with Gasteiger partial charge in [-0.25, -0.2) is 9.13 Å². The number of phosphoric acid groups is 2. The molecule has 0 aromatic carbocycles. The number of aliphatic hydroxyl groups excluding tert-OH is 1. The molecule has 0 radical (unpaired) electrons. The highest BCUT2D eigenvalue weighted by Gasteiger charge is 2.30. The van der Waals surface area contributed by atoms with Gasteiger partial charge in [-0.15, -0.1) is 0 Å². The standard InChI is InChI=1S/C76H148O17P2/c1-7-9-11-13-15-17-18-30-36-42-48-54-60-75(80)92-71(64-86-73(78)58-52-46-40-16-14-12-10-8-2)66-90-94(82,83)88-62-70(77)63-89-95(84,85)91-67-72(65-87-74(79)59-53-47-41-35-31-27-23-25-29-34-39-45-51-57-69(5)6)93-76(81)61-55-49-43-37-32-26-22-20-19-21-24-28-33-38-44-50-56-68(3)4/h68-72,77H,7-67H2,1-6H3,(H,82,83)(H,84,85)/t70-,71+,72+/m0/s1. The third-order valence-corrected chi connectivity index (χ3v) is 19.6. The Bertz CT molecular complexity index is 1840. The summed E-state index contributed by atoms with van der Waals surface area (Å²) in [5.74, 6) is -0.516. The van der Waals surface area contributed by atoms with E-state index < -0.39 is 97.5 Å². The topological polar surface area (TPSA) is 237 Å². The fourth-order valence-corrected chi connectivity index (χ4v) is 13.2. The molecule has 19 heteroatoms. The molecule has 3 N–H and O–H groups in total. The molecule has 0 heterocycles. The van der Waals surface area contributed by atoms with Gasteiger partial charge in [0, 0.05) is 25.7 Å². The predicted molar refractivity (Wildman–Crippen MR) is 386 cm³/mol. The fraction of sp³-hybridized carbons (Fsp3) is 0.947. The Balaban J connectivity index is 5.20. The minimum absolute atomic E-state index is 0.107. The monoisotopic (exact) mass is 1400 g/mol.